The van der Waals surface area contributed by atoms with E-state index in [0.29, 0.717) is 43.5 Å². The summed E-state index contributed by atoms with van der Waals surface area (Å²) in [7, 11) is 1.92. The molecule has 148 valence electrons. The number of nitrogens with zero attached hydrogens (tertiary/aromatic N) is 4. The molecule has 1 aliphatic rings. The molecule has 0 saturated carbocycles. The molecule has 0 spiro atoms. The van der Waals surface area contributed by atoms with Crippen molar-refractivity contribution >= 4 is 17.4 Å². The van der Waals surface area contributed by atoms with Crippen molar-refractivity contribution in [3.05, 3.63) is 71.9 Å². The van der Waals surface area contributed by atoms with Crippen molar-refractivity contribution in [2.75, 3.05) is 38.3 Å². The normalized spacial score (nSPS) is 13.9. The van der Waals surface area contributed by atoms with E-state index in [1.807, 2.05) is 73.5 Å². The van der Waals surface area contributed by atoms with Crippen molar-refractivity contribution in [3.63, 3.8) is 0 Å². The number of rotatable bonds is 4. The summed E-state index contributed by atoms with van der Waals surface area (Å²) < 4.78 is 5.39. The Kier molecular flexibility index (Phi) is 5.53. The Morgan fingerprint density at radius 3 is 2.55 bits per heavy atom. The second-order valence-corrected chi connectivity index (χ2v) is 7.10. The van der Waals surface area contributed by atoms with Crippen LogP contribution in [0.25, 0.3) is 11.4 Å². The number of benzene rings is 2. The molecule has 1 saturated heterocycles. The summed E-state index contributed by atoms with van der Waals surface area (Å²) in [5, 5.41) is 0. The Morgan fingerprint density at radius 2 is 1.83 bits per heavy atom. The summed E-state index contributed by atoms with van der Waals surface area (Å²) >= 11 is 0. The molecule has 1 aliphatic heterocycles. The molecule has 6 heteroatoms. The molecular formula is C23H24N4O2. The molecule has 0 aliphatic carbocycles. The van der Waals surface area contributed by atoms with E-state index < -0.39 is 0 Å². The topological polar surface area (TPSA) is 58.6 Å². The summed E-state index contributed by atoms with van der Waals surface area (Å²) in [6, 6.07) is 18.0. The van der Waals surface area contributed by atoms with Crippen LogP contribution < -0.4 is 4.90 Å². The van der Waals surface area contributed by atoms with Gasteiger partial charge in [-0.1, -0.05) is 42.0 Å². The third-order valence-electron chi connectivity index (χ3n) is 5.03. The Morgan fingerprint density at radius 1 is 1.07 bits per heavy atom. The van der Waals surface area contributed by atoms with E-state index in [4.69, 9.17) is 9.72 Å². The summed E-state index contributed by atoms with van der Waals surface area (Å²) in [5.41, 5.74) is 3.52. The van der Waals surface area contributed by atoms with Gasteiger partial charge in [-0.3, -0.25) is 4.79 Å². The first-order chi connectivity index (χ1) is 14.1. The first-order valence-electron chi connectivity index (χ1n) is 9.73. The number of aryl methyl sites for hydroxylation is 1. The van der Waals surface area contributed by atoms with E-state index >= 15 is 0 Å². The number of hydrogen-bond acceptors (Lipinski definition) is 5. The van der Waals surface area contributed by atoms with Crippen LogP contribution in [0.5, 0.6) is 0 Å². The van der Waals surface area contributed by atoms with Gasteiger partial charge >= 0.3 is 0 Å². The zero-order valence-electron chi connectivity index (χ0n) is 16.7. The highest BCUT2D eigenvalue weighted by Gasteiger charge is 2.25. The highest BCUT2D eigenvalue weighted by Crippen LogP contribution is 2.28. The van der Waals surface area contributed by atoms with Crippen molar-refractivity contribution in [1.82, 2.24) is 14.9 Å². The standard InChI is InChI=1S/C23H24N4O2/c1-17-7-6-8-18(15-17)21-24-16-20(23(28)27-11-13-29-14-12-27)22(25-21)26(2)19-9-4-3-5-10-19/h3-10,15-16H,11-14H2,1-2H3. The highest BCUT2D eigenvalue weighted by molar-refractivity contribution is 5.99. The Labute approximate surface area is 170 Å². The van der Waals surface area contributed by atoms with Gasteiger partial charge in [0.15, 0.2) is 5.82 Å². The van der Waals surface area contributed by atoms with Gasteiger partial charge in [0.05, 0.1) is 13.2 Å². The number of morpholine rings is 1. The van der Waals surface area contributed by atoms with Crippen molar-refractivity contribution in [1.29, 1.82) is 0 Å². The third-order valence-corrected chi connectivity index (χ3v) is 5.03. The van der Waals surface area contributed by atoms with Gasteiger partial charge in [-0.25, -0.2) is 9.97 Å². The van der Waals surface area contributed by atoms with Crippen molar-refractivity contribution < 1.29 is 9.53 Å². The maximum Gasteiger partial charge on any atom is 0.259 e. The number of carbonyl (C=O) groups excluding carboxylic acids is 1. The number of amides is 1. The molecule has 2 heterocycles. The molecule has 1 fully saturated rings. The molecule has 1 aromatic heterocycles. The number of hydrogen-bond donors (Lipinski definition) is 0. The monoisotopic (exact) mass is 388 g/mol. The number of anilines is 2. The second-order valence-electron chi connectivity index (χ2n) is 7.10. The molecule has 0 radical (unpaired) electrons. The van der Waals surface area contributed by atoms with E-state index in [9.17, 15) is 4.79 Å². The SMILES string of the molecule is Cc1cccc(-c2ncc(C(=O)N3CCOCC3)c(N(C)c3ccccc3)n2)c1. The fourth-order valence-corrected chi connectivity index (χ4v) is 3.41. The molecule has 4 rings (SSSR count). The van der Waals surface area contributed by atoms with Gasteiger partial charge < -0.3 is 14.5 Å². The van der Waals surface area contributed by atoms with Crippen molar-refractivity contribution in [2.45, 2.75) is 6.92 Å². The number of para-hydroxylation sites is 1. The summed E-state index contributed by atoms with van der Waals surface area (Å²) in [5.74, 6) is 1.13. The van der Waals surface area contributed by atoms with Gasteiger partial charge in [-0.05, 0) is 25.1 Å². The number of ether oxygens (including phenoxy) is 1. The number of aromatic nitrogens is 2. The molecule has 3 aromatic rings. The van der Waals surface area contributed by atoms with E-state index in [-0.39, 0.29) is 5.91 Å². The van der Waals surface area contributed by atoms with Crippen LogP contribution in [0.15, 0.2) is 60.8 Å². The fraction of sp³-hybridized carbons (Fsp3) is 0.261. The lowest BCUT2D eigenvalue weighted by Crippen LogP contribution is -2.41. The Balaban J connectivity index is 1.78. The predicted molar refractivity (Wildman–Crippen MR) is 113 cm³/mol. The van der Waals surface area contributed by atoms with Crippen molar-refractivity contribution in [2.24, 2.45) is 0 Å². The average Bonchev–Trinajstić information content (AvgIpc) is 2.79. The van der Waals surface area contributed by atoms with Crippen LogP contribution in [0.1, 0.15) is 15.9 Å². The van der Waals surface area contributed by atoms with Crippen LogP contribution in [-0.2, 0) is 4.74 Å². The molecule has 0 unspecified atom stereocenters. The largest absolute Gasteiger partial charge is 0.378 e. The minimum atomic E-state index is -0.0677. The van der Waals surface area contributed by atoms with Gasteiger partial charge in [-0.2, -0.15) is 0 Å². The zero-order chi connectivity index (χ0) is 20.2. The van der Waals surface area contributed by atoms with Gasteiger partial charge in [0.2, 0.25) is 0 Å². The van der Waals surface area contributed by atoms with Crippen LogP contribution in [0.4, 0.5) is 11.5 Å². The smallest absolute Gasteiger partial charge is 0.259 e. The minimum Gasteiger partial charge on any atom is -0.378 e. The zero-order valence-corrected chi connectivity index (χ0v) is 16.7. The first-order valence-corrected chi connectivity index (χ1v) is 9.73. The summed E-state index contributed by atoms with van der Waals surface area (Å²) in [6.07, 6.45) is 1.65. The molecule has 2 aromatic carbocycles. The molecular weight excluding hydrogens is 364 g/mol. The van der Waals surface area contributed by atoms with E-state index in [1.165, 1.54) is 0 Å². The lowest BCUT2D eigenvalue weighted by molar-refractivity contribution is 0.0303. The first kappa shape index (κ1) is 19.1. The van der Waals surface area contributed by atoms with Gasteiger partial charge in [0, 0.05) is 37.6 Å². The summed E-state index contributed by atoms with van der Waals surface area (Å²) in [6.45, 7) is 4.30. The number of carbonyl (C=O) groups is 1. The van der Waals surface area contributed by atoms with Crippen LogP contribution in [0.2, 0.25) is 0 Å². The van der Waals surface area contributed by atoms with Crippen LogP contribution in [0.3, 0.4) is 0 Å². The third kappa shape index (κ3) is 4.12. The summed E-state index contributed by atoms with van der Waals surface area (Å²) in [4.78, 5) is 26.3. The lowest BCUT2D eigenvalue weighted by Gasteiger charge is -2.28. The quantitative estimate of drug-likeness (QED) is 0.682. The predicted octanol–water partition coefficient (Wildman–Crippen LogP) is 3.69. The van der Waals surface area contributed by atoms with Gasteiger partial charge in [-0.15, -0.1) is 0 Å². The molecule has 0 N–H and O–H groups in total. The second kappa shape index (κ2) is 8.41. The van der Waals surface area contributed by atoms with E-state index in [1.54, 1.807) is 11.1 Å². The fourth-order valence-electron chi connectivity index (χ4n) is 3.41. The molecule has 6 nitrogen and oxygen atoms in total. The lowest BCUT2D eigenvalue weighted by atomic mass is 10.1. The maximum atomic E-state index is 13.2. The van der Waals surface area contributed by atoms with E-state index in [0.717, 1.165) is 16.8 Å². The Hall–Kier alpha value is -3.25. The van der Waals surface area contributed by atoms with Crippen molar-refractivity contribution in [3.8, 4) is 11.4 Å². The maximum absolute atomic E-state index is 13.2. The van der Waals surface area contributed by atoms with Crippen LogP contribution in [-0.4, -0.2) is 54.1 Å². The average molecular weight is 388 g/mol. The van der Waals surface area contributed by atoms with E-state index in [2.05, 4.69) is 4.98 Å². The van der Waals surface area contributed by atoms with Gasteiger partial charge in [0.1, 0.15) is 11.4 Å². The minimum absolute atomic E-state index is 0.0677. The molecule has 29 heavy (non-hydrogen) atoms. The molecule has 0 bridgehead atoms. The molecule has 0 atom stereocenters. The highest BCUT2D eigenvalue weighted by atomic mass is 16.5. The molecule has 1 amide bonds. The van der Waals surface area contributed by atoms with Crippen LogP contribution in [0, 0.1) is 6.92 Å². The van der Waals surface area contributed by atoms with Crippen LogP contribution >= 0.6 is 0 Å². The van der Waals surface area contributed by atoms with Gasteiger partial charge in [0.25, 0.3) is 5.91 Å². The Bertz CT molecular complexity index is 1000.